The van der Waals surface area contributed by atoms with Crippen LogP contribution in [0.2, 0.25) is 0 Å². The van der Waals surface area contributed by atoms with Crippen molar-refractivity contribution in [3.8, 4) is 0 Å². The van der Waals surface area contributed by atoms with Crippen LogP contribution in [-0.2, 0) is 22.6 Å². The minimum atomic E-state index is -0.710. The molecule has 8 heteroatoms. The van der Waals surface area contributed by atoms with Crippen LogP contribution in [0.4, 0.5) is 4.79 Å². The maximum Gasteiger partial charge on any atom is 0.333 e. The largest absolute Gasteiger partial charge is 0.337 e. The maximum atomic E-state index is 14.4. The van der Waals surface area contributed by atoms with E-state index in [1.807, 2.05) is 60.4 Å². The van der Waals surface area contributed by atoms with Gasteiger partial charge in [0.2, 0.25) is 11.8 Å². The van der Waals surface area contributed by atoms with Gasteiger partial charge in [-0.3, -0.25) is 9.59 Å². The number of carbonyl (C=O) groups is 3. The smallest absolute Gasteiger partial charge is 0.333 e. The summed E-state index contributed by atoms with van der Waals surface area (Å²) >= 11 is 0. The first-order chi connectivity index (χ1) is 20.4. The molecule has 2 saturated heterocycles. The molecule has 42 heavy (non-hydrogen) atoms. The number of benzene rings is 3. The van der Waals surface area contributed by atoms with Gasteiger partial charge in [-0.1, -0.05) is 92.1 Å². The first kappa shape index (κ1) is 28.2. The molecule has 8 nitrogen and oxygen atoms in total. The lowest BCUT2D eigenvalue weighted by atomic mass is 9.89. The van der Waals surface area contributed by atoms with Crippen LogP contribution in [0.5, 0.6) is 0 Å². The Morgan fingerprint density at radius 1 is 0.905 bits per heavy atom. The number of piperazine rings is 1. The highest BCUT2D eigenvalue weighted by Crippen LogP contribution is 2.33. The Morgan fingerprint density at radius 2 is 1.62 bits per heavy atom. The van der Waals surface area contributed by atoms with E-state index in [1.165, 1.54) is 19.3 Å². The summed E-state index contributed by atoms with van der Waals surface area (Å²) in [7, 11) is 1.79. The topological polar surface area (TPSA) is 76.2 Å². The summed E-state index contributed by atoms with van der Waals surface area (Å²) in [5.74, 6) is 0.260. The van der Waals surface area contributed by atoms with Gasteiger partial charge in [-0.2, -0.15) is 0 Å². The lowest BCUT2D eigenvalue weighted by molar-refractivity contribution is -0.196. The molecule has 0 aromatic heterocycles. The highest BCUT2D eigenvalue weighted by Gasteiger charge is 2.54. The van der Waals surface area contributed by atoms with Gasteiger partial charge in [-0.15, -0.1) is 0 Å². The lowest BCUT2D eigenvalue weighted by Gasteiger charge is -2.57. The van der Waals surface area contributed by atoms with Crippen molar-refractivity contribution in [1.82, 2.24) is 25.1 Å². The van der Waals surface area contributed by atoms with Gasteiger partial charge in [0, 0.05) is 26.6 Å². The Balaban J connectivity index is 1.35. The molecule has 0 radical (unpaired) electrons. The van der Waals surface area contributed by atoms with Gasteiger partial charge in [0.15, 0.2) is 0 Å². The molecule has 3 aromatic carbocycles. The predicted octanol–water partition coefficient (Wildman–Crippen LogP) is 4.79. The molecule has 1 unspecified atom stereocenters. The Hall–Kier alpha value is -3.91. The van der Waals surface area contributed by atoms with E-state index < -0.39 is 18.2 Å². The van der Waals surface area contributed by atoms with Gasteiger partial charge in [0.05, 0.1) is 12.6 Å². The molecule has 3 atom stereocenters. The quantitative estimate of drug-likeness (QED) is 0.465. The van der Waals surface area contributed by atoms with Crippen LogP contribution in [0.3, 0.4) is 0 Å². The van der Waals surface area contributed by atoms with Crippen LogP contribution in [0.25, 0.3) is 10.8 Å². The number of amides is 4. The van der Waals surface area contributed by atoms with E-state index in [9.17, 15) is 14.4 Å². The molecule has 3 fully saturated rings. The zero-order valence-corrected chi connectivity index (χ0v) is 24.6. The van der Waals surface area contributed by atoms with Crippen LogP contribution in [0.1, 0.15) is 50.2 Å². The number of likely N-dealkylation sites (N-methyl/N-ethyl adjacent to an activating group) is 1. The fraction of sp³-hybridized carbons (Fsp3) is 0.441. The molecule has 3 aromatic rings. The number of carbonyl (C=O) groups excluding carboxylic acids is 3. The van der Waals surface area contributed by atoms with Gasteiger partial charge in [0.1, 0.15) is 12.2 Å². The van der Waals surface area contributed by atoms with E-state index in [1.54, 1.807) is 22.0 Å². The average Bonchev–Trinajstić information content (AvgIpc) is 3.01. The molecule has 2 heterocycles. The van der Waals surface area contributed by atoms with Crippen LogP contribution in [-0.4, -0.2) is 76.0 Å². The summed E-state index contributed by atoms with van der Waals surface area (Å²) in [5, 5.41) is 8.82. The van der Waals surface area contributed by atoms with Crippen molar-refractivity contribution >= 4 is 28.6 Å². The highest BCUT2D eigenvalue weighted by atomic mass is 16.2. The number of rotatable bonds is 6. The summed E-state index contributed by atoms with van der Waals surface area (Å²) in [6.07, 6.45) is 5.71. The maximum absolute atomic E-state index is 14.4. The fourth-order valence-electron chi connectivity index (χ4n) is 7.13. The van der Waals surface area contributed by atoms with Crippen LogP contribution in [0.15, 0.2) is 72.8 Å². The molecule has 220 valence electrons. The molecule has 0 spiro atoms. The van der Waals surface area contributed by atoms with Crippen LogP contribution in [0, 0.1) is 5.92 Å². The molecule has 3 aliphatic rings. The van der Waals surface area contributed by atoms with Gasteiger partial charge < -0.3 is 15.1 Å². The summed E-state index contributed by atoms with van der Waals surface area (Å²) in [6, 6.07) is 22.8. The van der Waals surface area contributed by atoms with E-state index in [0.29, 0.717) is 25.4 Å². The number of hydrogen-bond acceptors (Lipinski definition) is 4. The first-order valence-electron chi connectivity index (χ1n) is 15.3. The molecular weight excluding hydrogens is 526 g/mol. The zero-order valence-electron chi connectivity index (χ0n) is 24.6. The molecule has 0 bridgehead atoms. The minimum absolute atomic E-state index is 0.0436. The number of fused-ring (bicyclic) bond motifs is 2. The Morgan fingerprint density at radius 3 is 2.40 bits per heavy atom. The van der Waals surface area contributed by atoms with Gasteiger partial charge in [-0.25, -0.2) is 14.8 Å². The van der Waals surface area contributed by atoms with Crippen molar-refractivity contribution in [1.29, 1.82) is 0 Å². The second kappa shape index (κ2) is 12.1. The minimum Gasteiger partial charge on any atom is -0.337 e. The molecule has 2 aliphatic heterocycles. The Kier molecular flexibility index (Phi) is 8.16. The van der Waals surface area contributed by atoms with Crippen molar-refractivity contribution in [3.63, 3.8) is 0 Å². The average molecular weight is 568 g/mol. The molecular formula is C34H41N5O3. The first-order valence-corrected chi connectivity index (χ1v) is 15.3. The zero-order chi connectivity index (χ0) is 29.2. The van der Waals surface area contributed by atoms with Crippen LogP contribution < -0.4 is 5.32 Å². The monoisotopic (exact) mass is 567 g/mol. The Labute approximate surface area is 248 Å². The van der Waals surface area contributed by atoms with Gasteiger partial charge >= 0.3 is 6.03 Å². The standard InChI is InChI=1S/C34H41N5O3/c1-24-32-38(31(40)23-36(2)39(32)34(42)35-21-26-14-7-4-8-15-26)30(20-25-12-5-3-6-13-25)33(41)37(24)22-28-18-11-17-27-16-9-10-19-29(27)28/h3,5-6,9-13,16-19,24,26,30,32H,4,7-8,14-15,20-23H2,1-2H3,(H,35,42)/t24-,30-,32?/m0/s1. The van der Waals surface area contributed by atoms with E-state index in [0.717, 1.165) is 34.7 Å². The third-order valence-electron chi connectivity index (χ3n) is 9.35. The van der Waals surface area contributed by atoms with Crippen molar-refractivity contribution < 1.29 is 14.4 Å². The van der Waals surface area contributed by atoms with Crippen molar-refractivity contribution in [2.45, 2.75) is 70.2 Å². The van der Waals surface area contributed by atoms with Gasteiger partial charge in [0.25, 0.3) is 0 Å². The van der Waals surface area contributed by atoms with Crippen molar-refractivity contribution in [2.75, 3.05) is 20.1 Å². The number of hydrogen-bond donors (Lipinski definition) is 1. The Bertz CT molecular complexity index is 1430. The van der Waals surface area contributed by atoms with E-state index in [-0.39, 0.29) is 24.4 Å². The summed E-state index contributed by atoms with van der Waals surface area (Å²) < 4.78 is 0. The number of nitrogens with one attached hydrogen (secondary N) is 1. The number of hydrazine groups is 1. The van der Waals surface area contributed by atoms with Crippen molar-refractivity contribution in [3.05, 3.63) is 83.9 Å². The third kappa shape index (κ3) is 5.48. The van der Waals surface area contributed by atoms with Gasteiger partial charge in [-0.05, 0) is 47.6 Å². The molecule has 4 amide bonds. The SMILES string of the molecule is C[C@H]1C2N(C(=O)CN(C)N2C(=O)NCC2CCCCC2)[C@@H](Cc2ccccc2)C(=O)N1Cc1cccc2ccccc12. The van der Waals surface area contributed by atoms with E-state index in [2.05, 4.69) is 29.6 Å². The van der Waals surface area contributed by atoms with E-state index >= 15 is 0 Å². The summed E-state index contributed by atoms with van der Waals surface area (Å²) in [5.41, 5.74) is 2.03. The molecule has 6 rings (SSSR count). The summed E-state index contributed by atoms with van der Waals surface area (Å²) in [6.45, 7) is 3.03. The van der Waals surface area contributed by atoms with Crippen molar-refractivity contribution in [2.24, 2.45) is 5.92 Å². The fourth-order valence-corrected chi connectivity index (χ4v) is 7.13. The number of nitrogens with zero attached hydrogens (tertiary/aromatic N) is 4. The molecule has 1 N–H and O–H groups in total. The molecule has 1 aliphatic carbocycles. The second-order valence-corrected chi connectivity index (χ2v) is 12.1. The normalized spacial score (nSPS) is 23.8. The third-order valence-corrected chi connectivity index (χ3v) is 9.35. The second-order valence-electron chi connectivity index (χ2n) is 12.1. The van der Waals surface area contributed by atoms with Crippen LogP contribution >= 0.6 is 0 Å². The summed E-state index contributed by atoms with van der Waals surface area (Å²) in [4.78, 5) is 45.5. The lowest BCUT2D eigenvalue weighted by Crippen LogP contribution is -2.78. The van der Waals surface area contributed by atoms with E-state index in [4.69, 9.17) is 0 Å². The molecule has 1 saturated carbocycles. The number of urea groups is 1. The highest BCUT2D eigenvalue weighted by molar-refractivity contribution is 5.92. The predicted molar refractivity (Wildman–Crippen MR) is 163 cm³/mol.